The molecule has 1 saturated heterocycles. The summed E-state index contributed by atoms with van der Waals surface area (Å²) in [5.41, 5.74) is 4.26. The molecule has 4 rings (SSSR count). The summed E-state index contributed by atoms with van der Waals surface area (Å²) in [6, 6.07) is 10.2. The van der Waals surface area contributed by atoms with Gasteiger partial charge in [-0.2, -0.15) is 0 Å². The standard InChI is InChI=1S/C21H27N3O2/c1-22-18(14-24-11-8-16-6-2-3-7-17(16)13-24)12-20(25)21(26)19(22)15-23-9-4-5-10-23/h2-3,6-7,12,26H,4-5,8-11,13-15H2,1H3. The highest BCUT2D eigenvalue weighted by atomic mass is 16.3. The van der Waals surface area contributed by atoms with Crippen molar-refractivity contribution in [3.8, 4) is 5.75 Å². The number of nitrogens with zero attached hydrogens (tertiary/aromatic N) is 3. The number of fused-ring (bicyclic) bond motifs is 1. The molecule has 1 aromatic carbocycles. The molecule has 1 fully saturated rings. The van der Waals surface area contributed by atoms with Crippen LogP contribution in [-0.4, -0.2) is 39.1 Å². The van der Waals surface area contributed by atoms with Gasteiger partial charge in [0.25, 0.3) is 0 Å². The number of hydrogen-bond acceptors (Lipinski definition) is 4. The smallest absolute Gasteiger partial charge is 0.223 e. The Morgan fingerprint density at radius 3 is 2.50 bits per heavy atom. The molecule has 5 nitrogen and oxygen atoms in total. The van der Waals surface area contributed by atoms with Gasteiger partial charge in [0.05, 0.1) is 5.69 Å². The van der Waals surface area contributed by atoms with Crippen molar-refractivity contribution in [3.05, 3.63) is 63.1 Å². The van der Waals surface area contributed by atoms with E-state index in [9.17, 15) is 9.90 Å². The summed E-state index contributed by atoms with van der Waals surface area (Å²) < 4.78 is 2.02. The molecule has 0 aliphatic carbocycles. The minimum atomic E-state index is -0.260. The lowest BCUT2D eigenvalue weighted by molar-refractivity contribution is 0.237. The van der Waals surface area contributed by atoms with Crippen LogP contribution < -0.4 is 5.43 Å². The molecule has 0 amide bonds. The quantitative estimate of drug-likeness (QED) is 0.916. The Kier molecular flexibility index (Phi) is 4.83. The van der Waals surface area contributed by atoms with Gasteiger partial charge in [-0.05, 0) is 43.5 Å². The number of rotatable bonds is 4. The highest BCUT2D eigenvalue weighted by Gasteiger charge is 2.21. The van der Waals surface area contributed by atoms with E-state index < -0.39 is 0 Å². The molecule has 2 aliphatic rings. The van der Waals surface area contributed by atoms with E-state index in [0.29, 0.717) is 6.54 Å². The molecular formula is C21H27N3O2. The monoisotopic (exact) mass is 353 g/mol. The first kappa shape index (κ1) is 17.3. The Hall–Kier alpha value is -2.11. The Bertz CT molecular complexity index is 853. The number of likely N-dealkylation sites (tertiary alicyclic amines) is 1. The molecule has 0 bridgehead atoms. The van der Waals surface area contributed by atoms with Crippen LogP contribution in [0.2, 0.25) is 0 Å². The van der Waals surface area contributed by atoms with E-state index in [2.05, 4.69) is 34.1 Å². The van der Waals surface area contributed by atoms with E-state index in [1.165, 1.54) is 24.0 Å². The molecular weight excluding hydrogens is 326 g/mol. The summed E-state index contributed by atoms with van der Waals surface area (Å²) >= 11 is 0. The van der Waals surface area contributed by atoms with Crippen molar-refractivity contribution in [3.63, 3.8) is 0 Å². The van der Waals surface area contributed by atoms with Gasteiger partial charge in [-0.1, -0.05) is 24.3 Å². The molecule has 0 atom stereocenters. The van der Waals surface area contributed by atoms with E-state index in [1.54, 1.807) is 6.07 Å². The van der Waals surface area contributed by atoms with Crippen LogP contribution in [0, 0.1) is 0 Å². The van der Waals surface area contributed by atoms with E-state index in [4.69, 9.17) is 0 Å². The van der Waals surface area contributed by atoms with Crippen molar-refractivity contribution in [2.45, 2.75) is 38.9 Å². The van der Waals surface area contributed by atoms with E-state index >= 15 is 0 Å². The normalized spacial score (nSPS) is 18.2. The van der Waals surface area contributed by atoms with Crippen molar-refractivity contribution in [2.24, 2.45) is 7.05 Å². The molecule has 138 valence electrons. The summed E-state index contributed by atoms with van der Waals surface area (Å²) in [5.74, 6) is -0.0906. The Balaban J connectivity index is 1.57. The molecule has 3 heterocycles. The fourth-order valence-corrected chi connectivity index (χ4v) is 4.19. The maximum absolute atomic E-state index is 12.3. The van der Waals surface area contributed by atoms with Gasteiger partial charge < -0.3 is 9.67 Å². The maximum atomic E-state index is 12.3. The fourth-order valence-electron chi connectivity index (χ4n) is 4.19. The average Bonchev–Trinajstić information content (AvgIpc) is 3.16. The first-order valence-electron chi connectivity index (χ1n) is 9.54. The molecule has 26 heavy (non-hydrogen) atoms. The molecule has 0 unspecified atom stereocenters. The maximum Gasteiger partial charge on any atom is 0.223 e. The molecule has 5 heteroatoms. The second-order valence-corrected chi connectivity index (χ2v) is 7.57. The van der Waals surface area contributed by atoms with Crippen molar-refractivity contribution >= 4 is 0 Å². The first-order chi connectivity index (χ1) is 12.6. The zero-order chi connectivity index (χ0) is 18.1. The van der Waals surface area contributed by atoms with Crippen LogP contribution in [0.1, 0.15) is 35.4 Å². The highest BCUT2D eigenvalue weighted by Crippen LogP contribution is 2.22. The Morgan fingerprint density at radius 1 is 1.00 bits per heavy atom. The van der Waals surface area contributed by atoms with Gasteiger partial charge in [0.2, 0.25) is 5.43 Å². The number of aromatic hydroxyl groups is 1. The summed E-state index contributed by atoms with van der Waals surface area (Å²) in [6.07, 6.45) is 3.44. The van der Waals surface area contributed by atoms with Crippen molar-refractivity contribution in [1.82, 2.24) is 14.4 Å². The number of pyridine rings is 1. The molecule has 2 aromatic rings. The minimum Gasteiger partial charge on any atom is -0.503 e. The van der Waals surface area contributed by atoms with Crippen LogP contribution in [-0.2, 0) is 33.1 Å². The second kappa shape index (κ2) is 7.25. The number of hydrogen-bond donors (Lipinski definition) is 1. The van der Waals surface area contributed by atoms with Gasteiger partial charge in [0.15, 0.2) is 5.75 Å². The molecule has 0 radical (unpaired) electrons. The highest BCUT2D eigenvalue weighted by molar-refractivity contribution is 5.31. The van der Waals surface area contributed by atoms with Crippen LogP contribution in [0.4, 0.5) is 0 Å². The van der Waals surface area contributed by atoms with E-state index in [-0.39, 0.29) is 11.2 Å². The predicted octanol–water partition coefficient (Wildman–Crippen LogP) is 2.25. The lowest BCUT2D eigenvalue weighted by Crippen LogP contribution is -2.32. The van der Waals surface area contributed by atoms with E-state index in [1.807, 2.05) is 11.6 Å². The zero-order valence-electron chi connectivity index (χ0n) is 15.4. The predicted molar refractivity (Wildman–Crippen MR) is 102 cm³/mol. The third kappa shape index (κ3) is 3.41. The molecule has 0 saturated carbocycles. The third-order valence-electron chi connectivity index (χ3n) is 5.81. The third-order valence-corrected chi connectivity index (χ3v) is 5.81. The van der Waals surface area contributed by atoms with Crippen LogP contribution in [0.3, 0.4) is 0 Å². The van der Waals surface area contributed by atoms with E-state index in [0.717, 1.165) is 50.5 Å². The van der Waals surface area contributed by atoms with Gasteiger partial charge in [-0.3, -0.25) is 14.6 Å². The number of aromatic nitrogens is 1. The lowest BCUT2D eigenvalue weighted by Gasteiger charge is -2.30. The van der Waals surface area contributed by atoms with Gasteiger partial charge in [0, 0.05) is 45.0 Å². The van der Waals surface area contributed by atoms with Crippen LogP contribution in [0.25, 0.3) is 0 Å². The summed E-state index contributed by atoms with van der Waals surface area (Å²) in [7, 11) is 1.97. The average molecular weight is 353 g/mol. The topological polar surface area (TPSA) is 48.7 Å². The fraction of sp³-hybridized carbons (Fsp3) is 0.476. The summed E-state index contributed by atoms with van der Waals surface area (Å²) in [6.45, 7) is 5.36. The molecule has 0 spiro atoms. The molecule has 1 N–H and O–H groups in total. The minimum absolute atomic E-state index is 0.0906. The lowest BCUT2D eigenvalue weighted by atomic mass is 10.00. The zero-order valence-corrected chi connectivity index (χ0v) is 15.4. The van der Waals surface area contributed by atoms with Gasteiger partial charge in [-0.25, -0.2) is 0 Å². The molecule has 2 aliphatic heterocycles. The van der Waals surface area contributed by atoms with Crippen LogP contribution in [0.15, 0.2) is 35.1 Å². The number of benzene rings is 1. The van der Waals surface area contributed by atoms with Gasteiger partial charge >= 0.3 is 0 Å². The van der Waals surface area contributed by atoms with Gasteiger partial charge in [-0.15, -0.1) is 0 Å². The largest absolute Gasteiger partial charge is 0.503 e. The van der Waals surface area contributed by atoms with Crippen LogP contribution >= 0.6 is 0 Å². The van der Waals surface area contributed by atoms with Crippen molar-refractivity contribution in [2.75, 3.05) is 19.6 Å². The first-order valence-corrected chi connectivity index (χ1v) is 9.54. The van der Waals surface area contributed by atoms with Crippen molar-refractivity contribution in [1.29, 1.82) is 0 Å². The van der Waals surface area contributed by atoms with Gasteiger partial charge in [0.1, 0.15) is 0 Å². The molecule has 1 aromatic heterocycles. The van der Waals surface area contributed by atoms with Crippen molar-refractivity contribution < 1.29 is 5.11 Å². The Labute approximate surface area is 154 Å². The second-order valence-electron chi connectivity index (χ2n) is 7.57. The summed E-state index contributed by atoms with van der Waals surface area (Å²) in [5, 5.41) is 10.3. The Morgan fingerprint density at radius 2 is 1.73 bits per heavy atom. The summed E-state index contributed by atoms with van der Waals surface area (Å²) in [4.78, 5) is 17.0. The SMILES string of the molecule is Cn1c(CN2CCc3ccccc3C2)cc(=O)c(O)c1CN1CCCC1. The van der Waals surface area contributed by atoms with Crippen LogP contribution in [0.5, 0.6) is 5.75 Å².